The number of aromatic amines is 2. The number of alkyl carbamates (subject to hydrolysis) is 2. The lowest BCUT2D eigenvalue weighted by molar-refractivity contribution is -0.136. The van der Waals surface area contributed by atoms with Crippen LogP contribution in [0.15, 0.2) is 48.5 Å². The topological polar surface area (TPSA) is 212 Å². The van der Waals surface area contributed by atoms with Crippen LogP contribution < -0.4 is 20.1 Å². The molecule has 1 unspecified atom stereocenters. The van der Waals surface area contributed by atoms with Crippen LogP contribution in [-0.4, -0.2) is 134 Å². The normalized spacial score (nSPS) is 17.1. The Hall–Kier alpha value is -6.40. The van der Waals surface area contributed by atoms with Crippen LogP contribution in [-0.2, 0) is 28.5 Å². The maximum absolute atomic E-state index is 13.8. The minimum absolute atomic E-state index is 0.151. The molecule has 2 aliphatic heterocycles. The van der Waals surface area contributed by atoms with Gasteiger partial charge in [-0.3, -0.25) is 9.59 Å². The van der Waals surface area contributed by atoms with E-state index in [-0.39, 0.29) is 48.9 Å². The van der Waals surface area contributed by atoms with Gasteiger partial charge in [0.2, 0.25) is 11.8 Å². The summed E-state index contributed by atoms with van der Waals surface area (Å²) in [5.41, 5.74) is 6.31. The van der Waals surface area contributed by atoms with Crippen molar-refractivity contribution >= 4 is 46.1 Å². The molecule has 2 fully saturated rings. The van der Waals surface area contributed by atoms with Gasteiger partial charge in [0.15, 0.2) is 11.5 Å². The molecule has 5 aromatic rings. The number of nitrogens with zero attached hydrogens (tertiary/aromatic N) is 4. The number of amides is 4. The number of H-pyrrole nitrogens is 2. The number of likely N-dealkylation sites (tertiary alicyclic amines) is 2. The summed E-state index contributed by atoms with van der Waals surface area (Å²) in [6, 6.07) is 13.8. The third-order valence-corrected chi connectivity index (χ3v) is 12.3. The first kappa shape index (κ1) is 47.6. The molecule has 0 radical (unpaired) electrons. The minimum atomic E-state index is -0.741. The van der Waals surface area contributed by atoms with Crippen LogP contribution in [0.1, 0.15) is 77.1 Å². The molecule has 66 heavy (non-hydrogen) atoms. The molecule has 2 aliphatic rings. The van der Waals surface area contributed by atoms with E-state index < -0.39 is 24.3 Å². The van der Waals surface area contributed by atoms with Crippen LogP contribution >= 0.6 is 0 Å². The summed E-state index contributed by atoms with van der Waals surface area (Å²) in [6.07, 6.45) is 1.75. The fourth-order valence-corrected chi connectivity index (χ4v) is 8.85. The molecule has 354 valence electrons. The molecule has 0 aliphatic carbocycles. The first-order chi connectivity index (χ1) is 31.9. The summed E-state index contributed by atoms with van der Waals surface area (Å²) in [4.78, 5) is 72.5. The molecule has 2 saturated heterocycles. The predicted molar refractivity (Wildman–Crippen MR) is 247 cm³/mol. The lowest BCUT2D eigenvalue weighted by Crippen LogP contribution is -2.51. The van der Waals surface area contributed by atoms with Crippen molar-refractivity contribution in [3.05, 3.63) is 60.2 Å². The van der Waals surface area contributed by atoms with Gasteiger partial charge in [0, 0.05) is 38.4 Å². The molecule has 18 nitrogen and oxygen atoms in total. The Morgan fingerprint density at radius 1 is 0.621 bits per heavy atom. The van der Waals surface area contributed by atoms with Gasteiger partial charge >= 0.3 is 12.2 Å². The molecule has 3 aromatic carbocycles. The maximum atomic E-state index is 13.8. The average Bonchev–Trinajstić information content (AvgIpc) is 4.15. The molecular weight excluding hydrogens is 849 g/mol. The smallest absolute Gasteiger partial charge is 0.407 e. The van der Waals surface area contributed by atoms with E-state index in [0.29, 0.717) is 49.5 Å². The molecule has 18 heteroatoms. The number of fused-ring (bicyclic) bond motifs is 2. The quantitative estimate of drug-likeness (QED) is 0.0661. The molecule has 0 spiro atoms. The minimum Gasteiger partial charge on any atom is -0.487 e. The van der Waals surface area contributed by atoms with Crippen molar-refractivity contribution in [3.8, 4) is 33.8 Å². The summed E-state index contributed by atoms with van der Waals surface area (Å²) in [5.74, 6) is 1.73. The second-order valence-electron chi connectivity index (χ2n) is 17.3. The van der Waals surface area contributed by atoms with E-state index in [2.05, 4.69) is 20.6 Å². The van der Waals surface area contributed by atoms with Gasteiger partial charge in [0.25, 0.3) is 0 Å². The number of imidazole rings is 2. The van der Waals surface area contributed by atoms with Crippen LogP contribution in [0, 0.1) is 11.8 Å². The van der Waals surface area contributed by atoms with E-state index in [1.165, 1.54) is 14.2 Å². The third kappa shape index (κ3) is 10.2. The maximum Gasteiger partial charge on any atom is 0.407 e. The van der Waals surface area contributed by atoms with Gasteiger partial charge in [-0.2, -0.15) is 0 Å². The van der Waals surface area contributed by atoms with Crippen LogP contribution in [0.5, 0.6) is 11.5 Å². The lowest BCUT2D eigenvalue weighted by Gasteiger charge is -2.29. The highest BCUT2D eigenvalue weighted by molar-refractivity contribution is 5.91. The first-order valence-corrected chi connectivity index (χ1v) is 22.6. The average molecular weight is 911 g/mol. The number of carbonyl (C=O) groups is 4. The summed E-state index contributed by atoms with van der Waals surface area (Å²) in [5, 5.41) is 5.42. The summed E-state index contributed by atoms with van der Waals surface area (Å²) in [6.45, 7) is 9.84. The lowest BCUT2D eigenvalue weighted by atomic mass is 9.97. The Balaban J connectivity index is 1.22. The van der Waals surface area contributed by atoms with Crippen LogP contribution in [0.4, 0.5) is 9.59 Å². The van der Waals surface area contributed by atoms with Crippen molar-refractivity contribution in [1.29, 1.82) is 0 Å². The molecule has 4 amide bonds. The highest BCUT2D eigenvalue weighted by atomic mass is 16.6. The van der Waals surface area contributed by atoms with Crippen molar-refractivity contribution in [2.24, 2.45) is 11.8 Å². The molecule has 4 heterocycles. The zero-order valence-electron chi connectivity index (χ0n) is 39.0. The second-order valence-corrected chi connectivity index (χ2v) is 17.3. The van der Waals surface area contributed by atoms with Gasteiger partial charge < -0.3 is 58.8 Å². The van der Waals surface area contributed by atoms with Crippen molar-refractivity contribution in [3.63, 3.8) is 0 Å². The number of carbonyl (C=O) groups excluding carboxylic acids is 4. The Kier molecular flexibility index (Phi) is 15.3. The Labute approximate surface area is 384 Å². The van der Waals surface area contributed by atoms with Gasteiger partial charge in [-0.1, -0.05) is 39.8 Å². The molecule has 2 aromatic heterocycles. The summed E-state index contributed by atoms with van der Waals surface area (Å²) in [7, 11) is 5.80. The molecular formula is C48H62N8O10. The van der Waals surface area contributed by atoms with E-state index in [1.807, 2.05) is 76.2 Å². The Bertz CT molecular complexity index is 2350. The van der Waals surface area contributed by atoms with Crippen molar-refractivity contribution in [1.82, 2.24) is 40.4 Å². The molecule has 0 bridgehead atoms. The number of ether oxygens (including phenoxy) is 6. The highest BCUT2D eigenvalue weighted by Gasteiger charge is 2.39. The first-order valence-electron chi connectivity index (χ1n) is 22.6. The van der Waals surface area contributed by atoms with Gasteiger partial charge in [0.1, 0.15) is 36.9 Å². The molecule has 4 atom stereocenters. The number of hydrogen-bond donors (Lipinski definition) is 4. The standard InChI is InChI=1S/C48H62N8O10/c1-27(2)39(53-47(59)63-7)45(57)55-19-9-11-37(55)43-49-33-17-13-29(25-35(33)51-43)31-15-16-32(42(66-24-22-62-6)41(31)65-23-21-61-5)30-14-18-34-36(26-30)52-44(50-34)38-12-10-20-56(38)46(58)40(28(3)4)54-48(60)64-8/h13-18,25-28,37-40H,9-12,19-24H2,1-8H3,(H,49,51)(H,50,52)(H,53,59)(H,54,60)/t37-,38?,39-,40-/m0/s1. The van der Waals surface area contributed by atoms with Crippen LogP contribution in [0.25, 0.3) is 44.3 Å². The number of methoxy groups -OCH3 is 4. The Morgan fingerprint density at radius 2 is 1.03 bits per heavy atom. The SMILES string of the molecule is COCCOc1c(-c2ccc3nc(C4CCCN4C(=O)[C@@H](NC(=O)OC)C(C)C)[nH]c3c2)ccc(-c2ccc3nc([C@@H]4CCCN4C(=O)[C@@H](NC(=O)OC)C(C)C)[nH]c3c2)c1OCCOC. The van der Waals surface area contributed by atoms with Crippen LogP contribution in [0.2, 0.25) is 0 Å². The van der Waals surface area contributed by atoms with Crippen molar-refractivity contribution in [2.45, 2.75) is 77.5 Å². The number of rotatable bonds is 18. The number of hydrogen-bond acceptors (Lipinski definition) is 12. The fraction of sp³-hybridized carbons (Fsp3) is 0.500. The van der Waals surface area contributed by atoms with Crippen molar-refractivity contribution < 1.29 is 47.6 Å². The highest BCUT2D eigenvalue weighted by Crippen LogP contribution is 2.46. The van der Waals surface area contributed by atoms with Gasteiger partial charge in [-0.25, -0.2) is 19.6 Å². The van der Waals surface area contributed by atoms with E-state index in [1.54, 1.807) is 24.0 Å². The fourth-order valence-electron chi connectivity index (χ4n) is 8.85. The monoisotopic (exact) mass is 910 g/mol. The van der Waals surface area contributed by atoms with E-state index in [4.69, 9.17) is 38.4 Å². The van der Waals surface area contributed by atoms with Crippen LogP contribution in [0.3, 0.4) is 0 Å². The number of nitrogens with one attached hydrogen (secondary N) is 4. The van der Waals surface area contributed by atoms with Gasteiger partial charge in [-0.15, -0.1) is 0 Å². The molecule has 0 saturated carbocycles. The second kappa shape index (κ2) is 21.3. The Morgan fingerprint density at radius 3 is 1.39 bits per heavy atom. The third-order valence-electron chi connectivity index (χ3n) is 12.3. The zero-order chi connectivity index (χ0) is 47.1. The molecule has 7 rings (SSSR count). The van der Waals surface area contributed by atoms with E-state index in [0.717, 1.165) is 70.0 Å². The van der Waals surface area contributed by atoms with E-state index >= 15 is 0 Å². The number of benzene rings is 3. The van der Waals surface area contributed by atoms with Gasteiger partial charge in [0.05, 0.1) is 61.6 Å². The van der Waals surface area contributed by atoms with E-state index in [9.17, 15) is 19.2 Å². The van der Waals surface area contributed by atoms with Gasteiger partial charge in [-0.05, 0) is 85.0 Å². The summed E-state index contributed by atoms with van der Waals surface area (Å²) < 4.78 is 33.5. The van der Waals surface area contributed by atoms with Crippen molar-refractivity contribution in [2.75, 3.05) is 68.0 Å². The predicted octanol–water partition coefficient (Wildman–Crippen LogP) is 6.91. The summed E-state index contributed by atoms with van der Waals surface area (Å²) >= 11 is 0. The molecule has 4 N–H and O–H groups in total. The number of aromatic nitrogens is 4. The largest absolute Gasteiger partial charge is 0.487 e. The zero-order valence-corrected chi connectivity index (χ0v) is 39.0.